The summed E-state index contributed by atoms with van der Waals surface area (Å²) in [7, 11) is 0. The molecule has 0 aliphatic heterocycles. The molecule has 0 aliphatic rings. The summed E-state index contributed by atoms with van der Waals surface area (Å²) in [4.78, 5) is 15.4. The molecule has 0 spiro atoms. The van der Waals surface area contributed by atoms with E-state index in [4.69, 9.17) is 5.84 Å². The summed E-state index contributed by atoms with van der Waals surface area (Å²) in [6, 6.07) is 3.70. The van der Waals surface area contributed by atoms with Crippen molar-refractivity contribution < 1.29 is 18.0 Å². The second-order valence-electron chi connectivity index (χ2n) is 3.74. The first kappa shape index (κ1) is 13.8. The lowest BCUT2D eigenvalue weighted by atomic mass is 10.2. The molecule has 0 saturated heterocycles. The molecule has 1 heterocycles. The molecule has 4 N–H and O–H groups in total. The molecule has 0 saturated carbocycles. The summed E-state index contributed by atoms with van der Waals surface area (Å²) in [5, 5.41) is 2.13. The molecule has 0 fully saturated rings. The number of hydrogen-bond acceptors (Lipinski definition) is 4. The lowest BCUT2D eigenvalue weighted by Gasteiger charge is -2.08. The molecule has 20 heavy (non-hydrogen) atoms. The van der Waals surface area contributed by atoms with Gasteiger partial charge in [-0.05, 0) is 18.2 Å². The van der Waals surface area contributed by atoms with E-state index in [1.54, 1.807) is 0 Å². The molecule has 0 unspecified atom stereocenters. The van der Waals surface area contributed by atoms with Gasteiger partial charge in [-0.15, -0.1) is 0 Å². The van der Waals surface area contributed by atoms with Crippen molar-refractivity contribution in [2.75, 3.05) is 10.7 Å². The van der Waals surface area contributed by atoms with Crippen LogP contribution in [0.15, 0.2) is 30.5 Å². The Labute approximate surface area is 111 Å². The van der Waals surface area contributed by atoms with Crippen LogP contribution in [0.5, 0.6) is 0 Å². The van der Waals surface area contributed by atoms with Crippen molar-refractivity contribution in [3.8, 4) is 0 Å². The number of nitrogens with zero attached hydrogens (tertiary/aromatic N) is 1. The quantitative estimate of drug-likeness (QED) is 0.594. The summed E-state index contributed by atoms with van der Waals surface area (Å²) < 4.78 is 39.9. The number of halogens is 3. The van der Waals surface area contributed by atoms with Gasteiger partial charge >= 0.3 is 0 Å². The van der Waals surface area contributed by atoms with Crippen molar-refractivity contribution in [1.29, 1.82) is 0 Å². The Morgan fingerprint density at radius 2 is 1.95 bits per heavy atom. The van der Waals surface area contributed by atoms with Crippen LogP contribution in [0.2, 0.25) is 0 Å². The summed E-state index contributed by atoms with van der Waals surface area (Å²) in [5.74, 6) is 1.06. The van der Waals surface area contributed by atoms with Gasteiger partial charge in [-0.2, -0.15) is 0 Å². The number of rotatable bonds is 3. The highest BCUT2D eigenvalue weighted by Crippen LogP contribution is 2.18. The van der Waals surface area contributed by atoms with Gasteiger partial charge < -0.3 is 10.7 Å². The number of hydrogen-bond donors (Lipinski definition) is 3. The summed E-state index contributed by atoms with van der Waals surface area (Å²) >= 11 is 0. The van der Waals surface area contributed by atoms with E-state index in [2.05, 4.69) is 10.3 Å². The van der Waals surface area contributed by atoms with E-state index in [1.165, 1.54) is 0 Å². The standard InChI is InChI=1S/C12H9F3N4O/c13-6-1-2-9(8(14)5-6)18-12(20)7-3-4-17-11(19-16)10(7)15/h1-5H,16H2,(H,17,19)(H,18,20). The molecule has 104 valence electrons. The Morgan fingerprint density at radius 3 is 2.60 bits per heavy atom. The van der Waals surface area contributed by atoms with Crippen molar-refractivity contribution in [1.82, 2.24) is 4.98 Å². The normalized spacial score (nSPS) is 10.2. The number of nitrogens with two attached hydrogens (primary N) is 1. The first-order valence-electron chi connectivity index (χ1n) is 5.40. The van der Waals surface area contributed by atoms with Crippen LogP contribution >= 0.6 is 0 Å². The molecule has 0 aliphatic carbocycles. The Hall–Kier alpha value is -2.61. The Kier molecular flexibility index (Phi) is 3.85. The third-order valence-electron chi connectivity index (χ3n) is 2.45. The number of hydrazine groups is 1. The molecule has 1 aromatic carbocycles. The highest BCUT2D eigenvalue weighted by molar-refractivity contribution is 6.04. The number of anilines is 2. The number of amides is 1. The van der Waals surface area contributed by atoms with Crippen LogP contribution in [0.25, 0.3) is 0 Å². The lowest BCUT2D eigenvalue weighted by Crippen LogP contribution is -2.18. The van der Waals surface area contributed by atoms with E-state index >= 15 is 0 Å². The third-order valence-corrected chi connectivity index (χ3v) is 2.45. The summed E-state index contributed by atoms with van der Waals surface area (Å²) in [5.41, 5.74) is 1.34. The van der Waals surface area contributed by atoms with Crippen molar-refractivity contribution >= 4 is 17.4 Å². The average molecular weight is 282 g/mol. The average Bonchev–Trinajstić information content (AvgIpc) is 2.42. The Bertz CT molecular complexity index is 663. The van der Waals surface area contributed by atoms with Gasteiger partial charge in [-0.1, -0.05) is 0 Å². The zero-order valence-corrected chi connectivity index (χ0v) is 9.95. The Balaban J connectivity index is 2.28. The Morgan fingerprint density at radius 1 is 1.20 bits per heavy atom. The number of benzene rings is 1. The maximum absolute atomic E-state index is 13.8. The predicted molar refractivity (Wildman–Crippen MR) is 66.3 cm³/mol. The summed E-state index contributed by atoms with van der Waals surface area (Å²) in [6.45, 7) is 0. The lowest BCUT2D eigenvalue weighted by molar-refractivity contribution is 0.102. The fourth-order valence-corrected chi connectivity index (χ4v) is 1.50. The van der Waals surface area contributed by atoms with Gasteiger partial charge in [0.2, 0.25) is 0 Å². The number of pyridine rings is 1. The number of nitrogen functional groups attached to an aromatic ring is 1. The maximum Gasteiger partial charge on any atom is 0.258 e. The topological polar surface area (TPSA) is 80.0 Å². The van der Waals surface area contributed by atoms with Crippen molar-refractivity contribution in [3.63, 3.8) is 0 Å². The molecule has 0 atom stereocenters. The van der Waals surface area contributed by atoms with Crippen LogP contribution in [0, 0.1) is 17.5 Å². The number of nitrogens with one attached hydrogen (secondary N) is 2. The molecule has 1 aromatic heterocycles. The SMILES string of the molecule is NNc1nccc(C(=O)Nc2ccc(F)cc2F)c1F. The number of carbonyl (C=O) groups is 1. The fourth-order valence-electron chi connectivity index (χ4n) is 1.50. The zero-order chi connectivity index (χ0) is 14.7. The highest BCUT2D eigenvalue weighted by atomic mass is 19.1. The first-order valence-corrected chi connectivity index (χ1v) is 5.40. The second-order valence-corrected chi connectivity index (χ2v) is 3.74. The second kappa shape index (κ2) is 5.57. The maximum atomic E-state index is 13.8. The van der Waals surface area contributed by atoms with E-state index in [-0.39, 0.29) is 17.1 Å². The minimum atomic E-state index is -0.977. The third kappa shape index (κ3) is 2.69. The molecular formula is C12H9F3N4O. The molecule has 0 bridgehead atoms. The van der Waals surface area contributed by atoms with Crippen LogP contribution in [0.3, 0.4) is 0 Å². The summed E-state index contributed by atoms with van der Waals surface area (Å²) in [6.07, 6.45) is 1.16. The van der Waals surface area contributed by atoms with Gasteiger partial charge in [0, 0.05) is 12.3 Å². The number of aromatic nitrogens is 1. The van der Waals surface area contributed by atoms with Crippen molar-refractivity contribution in [2.45, 2.75) is 0 Å². The minimum absolute atomic E-state index is 0.269. The molecule has 0 radical (unpaired) electrons. The van der Waals surface area contributed by atoms with E-state index in [1.807, 2.05) is 5.43 Å². The van der Waals surface area contributed by atoms with E-state index in [0.717, 1.165) is 24.4 Å². The smallest absolute Gasteiger partial charge is 0.258 e. The van der Waals surface area contributed by atoms with E-state index in [9.17, 15) is 18.0 Å². The van der Waals surface area contributed by atoms with Crippen LogP contribution < -0.4 is 16.6 Å². The van der Waals surface area contributed by atoms with Crippen molar-refractivity contribution in [2.24, 2.45) is 5.84 Å². The monoisotopic (exact) mass is 282 g/mol. The molecule has 1 amide bonds. The van der Waals surface area contributed by atoms with E-state index in [0.29, 0.717) is 6.07 Å². The molecule has 2 rings (SSSR count). The van der Waals surface area contributed by atoms with Crippen molar-refractivity contribution in [3.05, 3.63) is 53.5 Å². The van der Waals surface area contributed by atoms with Gasteiger partial charge in [0.1, 0.15) is 11.6 Å². The first-order chi connectivity index (χ1) is 9.52. The van der Waals surface area contributed by atoms with Gasteiger partial charge in [0.25, 0.3) is 5.91 Å². The fraction of sp³-hybridized carbons (Fsp3) is 0. The van der Waals surface area contributed by atoms with Gasteiger partial charge in [0.05, 0.1) is 11.3 Å². The van der Waals surface area contributed by atoms with Gasteiger partial charge in [0.15, 0.2) is 11.6 Å². The van der Waals surface area contributed by atoms with Gasteiger partial charge in [-0.3, -0.25) is 4.79 Å². The van der Waals surface area contributed by atoms with Crippen LogP contribution in [-0.4, -0.2) is 10.9 Å². The molecule has 5 nitrogen and oxygen atoms in total. The van der Waals surface area contributed by atoms with Gasteiger partial charge in [-0.25, -0.2) is 24.0 Å². The molecule has 8 heteroatoms. The minimum Gasteiger partial charge on any atom is -0.319 e. The highest BCUT2D eigenvalue weighted by Gasteiger charge is 2.17. The zero-order valence-electron chi connectivity index (χ0n) is 9.95. The van der Waals surface area contributed by atoms with Crippen LogP contribution in [-0.2, 0) is 0 Å². The molecular weight excluding hydrogens is 273 g/mol. The largest absolute Gasteiger partial charge is 0.319 e. The number of carbonyl (C=O) groups excluding carboxylic acids is 1. The predicted octanol–water partition coefficient (Wildman–Crippen LogP) is 2.04. The van der Waals surface area contributed by atoms with Crippen LogP contribution in [0.4, 0.5) is 24.7 Å². The van der Waals surface area contributed by atoms with Crippen LogP contribution in [0.1, 0.15) is 10.4 Å². The van der Waals surface area contributed by atoms with E-state index < -0.39 is 23.4 Å². The molecule has 2 aromatic rings.